The van der Waals surface area contributed by atoms with Crippen LogP contribution in [0.15, 0.2) is 218 Å². The van der Waals surface area contributed by atoms with Crippen LogP contribution >= 0.6 is 0 Å². The molecule has 0 fully saturated rings. The van der Waals surface area contributed by atoms with Crippen molar-refractivity contribution in [3.8, 4) is 33.4 Å². The van der Waals surface area contributed by atoms with E-state index in [1.807, 2.05) is 0 Å². The van der Waals surface area contributed by atoms with Gasteiger partial charge in [0.15, 0.2) is 0 Å². The van der Waals surface area contributed by atoms with Crippen molar-refractivity contribution in [1.82, 2.24) is 0 Å². The van der Waals surface area contributed by atoms with Gasteiger partial charge >= 0.3 is 0 Å². The third-order valence-electron chi connectivity index (χ3n) is 20.3. The van der Waals surface area contributed by atoms with Gasteiger partial charge in [-0.2, -0.15) is 0 Å². The molecule has 3 nitrogen and oxygen atoms in total. The maximum Gasteiger partial charge on any atom is 0.252 e. The summed E-state index contributed by atoms with van der Waals surface area (Å²) in [7, 11) is 0. The number of hydrogen-bond acceptors (Lipinski definition) is 3. The molecule has 14 rings (SSSR count). The lowest BCUT2D eigenvalue weighted by atomic mass is 9.33. The summed E-state index contributed by atoms with van der Waals surface area (Å²) in [5.41, 5.74) is 29.3. The van der Waals surface area contributed by atoms with Gasteiger partial charge in [0.2, 0.25) is 0 Å². The first-order chi connectivity index (χ1) is 40.9. The van der Waals surface area contributed by atoms with Gasteiger partial charge in [0, 0.05) is 50.7 Å². The van der Waals surface area contributed by atoms with Crippen molar-refractivity contribution in [2.24, 2.45) is 0 Å². The van der Waals surface area contributed by atoms with E-state index in [-0.39, 0.29) is 33.8 Å². The number of rotatable bonds is 6. The molecule has 4 aliphatic rings. The fourth-order valence-electron chi connectivity index (χ4n) is 15.2. The molecule has 0 amide bonds. The van der Waals surface area contributed by atoms with Crippen LogP contribution in [-0.2, 0) is 39.0 Å². The van der Waals surface area contributed by atoms with E-state index in [1.165, 1.54) is 129 Å². The third kappa shape index (κ3) is 8.66. The minimum atomic E-state index is -0.465. The summed E-state index contributed by atoms with van der Waals surface area (Å²) in [6, 6.07) is 85.0. The average molecular weight is 1120 g/mol. The Balaban J connectivity index is 1.17. The number of fused-ring (bicyclic) bond motifs is 9. The van der Waals surface area contributed by atoms with Gasteiger partial charge in [-0.05, 0) is 174 Å². The molecular weight excluding hydrogens is 1040 g/mol. The highest BCUT2D eigenvalue weighted by atomic mass is 15.3. The van der Waals surface area contributed by atoms with Crippen LogP contribution in [-0.4, -0.2) is 6.71 Å². The van der Waals surface area contributed by atoms with Crippen molar-refractivity contribution in [2.45, 2.75) is 142 Å². The van der Waals surface area contributed by atoms with E-state index in [0.29, 0.717) is 0 Å². The van der Waals surface area contributed by atoms with E-state index in [0.717, 1.165) is 18.5 Å². The molecule has 0 bridgehead atoms. The molecule has 0 N–H and O–H groups in total. The highest BCUT2D eigenvalue weighted by Gasteiger charge is 2.60. The predicted molar refractivity (Wildman–Crippen MR) is 370 cm³/mol. The molecule has 10 aromatic carbocycles. The van der Waals surface area contributed by atoms with Crippen molar-refractivity contribution in [2.75, 3.05) is 14.7 Å². The van der Waals surface area contributed by atoms with Crippen molar-refractivity contribution < 1.29 is 0 Å². The number of benzene rings is 10. The van der Waals surface area contributed by atoms with Crippen LogP contribution in [0.2, 0.25) is 0 Å². The average Bonchev–Trinajstić information content (AvgIpc) is 1.36. The number of nitrogens with zero attached hydrogens (tertiary/aromatic N) is 3. The quantitative estimate of drug-likeness (QED) is 0.154. The molecule has 0 spiro atoms. The van der Waals surface area contributed by atoms with Gasteiger partial charge in [0.05, 0.1) is 16.9 Å². The van der Waals surface area contributed by atoms with Gasteiger partial charge in [-0.15, -0.1) is 0 Å². The molecule has 0 saturated carbocycles. The van der Waals surface area contributed by atoms with Crippen molar-refractivity contribution in [1.29, 1.82) is 0 Å². The Morgan fingerprint density at radius 1 is 0.349 bits per heavy atom. The van der Waals surface area contributed by atoms with Crippen LogP contribution in [0, 0.1) is 0 Å². The SMILES string of the molecule is CC(C)(C)c1ccc(N2c3ccc(-c4ccccc4)cc3B3c4ccc(C(C)(C)C)cc4N(c4ccc(C(C)(C)C)cc4-c4ccccc4)c4cc(N5c6ccc(C(C)(C)C)cc6C6(C)CCc7ccccc7C56C)cc2c43)c(-c2ccccc2)c1. The van der Waals surface area contributed by atoms with Gasteiger partial charge in [0.1, 0.15) is 0 Å². The maximum atomic E-state index is 2.81. The highest BCUT2D eigenvalue weighted by Crippen LogP contribution is 2.65. The normalized spacial score (nSPS) is 17.8. The van der Waals surface area contributed by atoms with Crippen LogP contribution in [0.3, 0.4) is 0 Å². The number of hydrogen-bond donors (Lipinski definition) is 0. The lowest BCUT2D eigenvalue weighted by Crippen LogP contribution is -2.61. The Labute approximate surface area is 513 Å². The first-order valence-electron chi connectivity index (χ1n) is 31.5. The summed E-state index contributed by atoms with van der Waals surface area (Å²) < 4.78 is 0. The van der Waals surface area contributed by atoms with Crippen molar-refractivity contribution in [3.05, 3.63) is 257 Å². The standard InChI is InChI=1S/C82H82BN3/c1-77(2,3)58-36-41-69(63(47-58)54-28-20-16-21-29-54)84-72-40-34-57(53-26-18-15-19-27-53)46-68(72)83-67-39-35-61(80(10,11)12)50-73(67)85(70-42-37-59(78(4,5)6)48-64(70)55-30-22-17-23-31-55)75-52-62(51-74(84)76(75)83)86-71-43-38-60(79(7,8)9)49-66(71)81(13)45-44-56-32-24-25-33-65(56)82(81,86)14/h15-43,46-52H,44-45H2,1-14H3. The Bertz CT molecular complexity index is 4320. The number of aryl methyl sites for hydroxylation is 1. The van der Waals surface area contributed by atoms with Crippen LogP contribution in [0.25, 0.3) is 33.4 Å². The second kappa shape index (κ2) is 19.6. The van der Waals surface area contributed by atoms with E-state index in [4.69, 9.17) is 0 Å². The summed E-state index contributed by atoms with van der Waals surface area (Å²) in [4.78, 5) is 8.20. The molecule has 1 aliphatic carbocycles. The Morgan fingerprint density at radius 3 is 1.35 bits per heavy atom. The fraction of sp³-hybridized carbons (Fsp3) is 0.268. The summed E-state index contributed by atoms with van der Waals surface area (Å²) in [5, 5.41) is 0. The summed E-state index contributed by atoms with van der Waals surface area (Å²) in [6.45, 7) is 33.3. The molecule has 86 heavy (non-hydrogen) atoms. The van der Waals surface area contributed by atoms with Gasteiger partial charge in [-0.25, -0.2) is 0 Å². The summed E-state index contributed by atoms with van der Waals surface area (Å²) in [6.07, 6.45) is 2.07. The summed E-state index contributed by atoms with van der Waals surface area (Å²) in [5.74, 6) is 0. The molecule has 0 saturated heterocycles. The van der Waals surface area contributed by atoms with Crippen LogP contribution in [0.1, 0.15) is 142 Å². The first-order valence-corrected chi connectivity index (χ1v) is 31.5. The molecule has 0 aromatic heterocycles. The smallest absolute Gasteiger partial charge is 0.252 e. The second-order valence-corrected chi connectivity index (χ2v) is 29.7. The molecule has 10 aromatic rings. The molecule has 3 aliphatic heterocycles. The molecule has 2 unspecified atom stereocenters. The minimum Gasteiger partial charge on any atom is -0.330 e. The molecule has 0 radical (unpaired) electrons. The zero-order valence-electron chi connectivity index (χ0n) is 53.1. The van der Waals surface area contributed by atoms with Crippen LogP contribution in [0.5, 0.6) is 0 Å². The predicted octanol–water partition coefficient (Wildman–Crippen LogP) is 20.2. The first kappa shape index (κ1) is 55.5. The van der Waals surface area contributed by atoms with Crippen molar-refractivity contribution >= 4 is 68.6 Å². The van der Waals surface area contributed by atoms with Gasteiger partial charge in [-0.1, -0.05) is 254 Å². The zero-order valence-corrected chi connectivity index (χ0v) is 53.1. The van der Waals surface area contributed by atoms with Crippen LogP contribution in [0.4, 0.5) is 45.5 Å². The Hall–Kier alpha value is -8.34. The van der Waals surface area contributed by atoms with E-state index >= 15 is 0 Å². The topological polar surface area (TPSA) is 9.72 Å². The van der Waals surface area contributed by atoms with Gasteiger partial charge < -0.3 is 14.7 Å². The lowest BCUT2D eigenvalue weighted by Gasteiger charge is -2.52. The lowest BCUT2D eigenvalue weighted by molar-refractivity contribution is 0.245. The molecule has 3 heterocycles. The Kier molecular flexibility index (Phi) is 12.7. The monoisotopic (exact) mass is 1120 g/mol. The maximum absolute atomic E-state index is 2.81. The van der Waals surface area contributed by atoms with Crippen molar-refractivity contribution in [3.63, 3.8) is 0 Å². The number of anilines is 8. The van der Waals surface area contributed by atoms with Gasteiger partial charge in [-0.3, -0.25) is 0 Å². The van der Waals surface area contributed by atoms with E-state index in [9.17, 15) is 0 Å². The molecule has 428 valence electrons. The van der Waals surface area contributed by atoms with Gasteiger partial charge in [0.25, 0.3) is 6.71 Å². The minimum absolute atomic E-state index is 0.0289. The second-order valence-electron chi connectivity index (χ2n) is 29.7. The van der Waals surface area contributed by atoms with E-state index in [1.54, 1.807) is 0 Å². The molecular formula is C82H82BN3. The largest absolute Gasteiger partial charge is 0.330 e. The Morgan fingerprint density at radius 2 is 0.802 bits per heavy atom. The molecule has 4 heteroatoms. The highest BCUT2D eigenvalue weighted by molar-refractivity contribution is 7.00. The zero-order chi connectivity index (χ0) is 60.0. The van der Waals surface area contributed by atoms with E-state index in [2.05, 4.69) is 330 Å². The van der Waals surface area contributed by atoms with E-state index < -0.39 is 5.54 Å². The summed E-state index contributed by atoms with van der Waals surface area (Å²) >= 11 is 0. The third-order valence-corrected chi connectivity index (χ3v) is 20.3. The molecule has 2 atom stereocenters. The fourth-order valence-corrected chi connectivity index (χ4v) is 15.2. The van der Waals surface area contributed by atoms with Crippen LogP contribution < -0.4 is 31.1 Å².